The van der Waals surface area contributed by atoms with Gasteiger partial charge in [0.15, 0.2) is 5.96 Å². The zero-order chi connectivity index (χ0) is 7.40. The zero-order valence-electron chi connectivity index (χ0n) is 6.72. The molecule has 0 amide bonds. The van der Waals surface area contributed by atoms with E-state index in [1.54, 1.807) is 0 Å². The molecule has 0 unspecified atom stereocenters. The highest BCUT2D eigenvalue weighted by Gasteiger charge is 2.11. The van der Waals surface area contributed by atoms with Gasteiger partial charge >= 0.3 is 0 Å². The van der Waals surface area contributed by atoms with Gasteiger partial charge in [-0.05, 0) is 13.3 Å². The van der Waals surface area contributed by atoms with Crippen molar-refractivity contribution in [2.75, 3.05) is 26.7 Å². The van der Waals surface area contributed by atoms with Crippen LogP contribution in [0.15, 0.2) is 4.99 Å². The number of hydrogen-bond acceptors (Lipinski definition) is 1. The summed E-state index contributed by atoms with van der Waals surface area (Å²) in [5, 5.41) is 3.25. The van der Waals surface area contributed by atoms with E-state index >= 15 is 0 Å². The van der Waals surface area contributed by atoms with Crippen molar-refractivity contribution in [3.8, 4) is 0 Å². The van der Waals surface area contributed by atoms with Gasteiger partial charge in [-0.2, -0.15) is 0 Å². The molecular formula is C7H15N3. The second-order valence-electron chi connectivity index (χ2n) is 2.41. The Hall–Kier alpha value is -0.730. The third-order valence-electron chi connectivity index (χ3n) is 1.78. The molecule has 1 heterocycles. The van der Waals surface area contributed by atoms with Crippen LogP contribution in [0.4, 0.5) is 0 Å². The second-order valence-corrected chi connectivity index (χ2v) is 2.41. The summed E-state index contributed by atoms with van der Waals surface area (Å²) in [6, 6.07) is 0. The number of guanidine groups is 1. The molecule has 0 aromatic carbocycles. The molecule has 1 saturated heterocycles. The smallest absolute Gasteiger partial charge is 0.193 e. The maximum Gasteiger partial charge on any atom is 0.193 e. The van der Waals surface area contributed by atoms with Crippen molar-refractivity contribution in [3.05, 3.63) is 0 Å². The van der Waals surface area contributed by atoms with Crippen molar-refractivity contribution >= 4 is 5.96 Å². The van der Waals surface area contributed by atoms with E-state index in [0.717, 1.165) is 25.6 Å². The average molecular weight is 141 g/mol. The van der Waals surface area contributed by atoms with Gasteiger partial charge in [0.1, 0.15) is 0 Å². The van der Waals surface area contributed by atoms with Crippen LogP contribution in [0, 0.1) is 0 Å². The first-order valence-corrected chi connectivity index (χ1v) is 3.84. The van der Waals surface area contributed by atoms with Gasteiger partial charge in [0.25, 0.3) is 0 Å². The number of nitrogens with one attached hydrogen (secondary N) is 1. The van der Waals surface area contributed by atoms with E-state index in [1.165, 1.54) is 6.42 Å². The molecule has 0 aliphatic carbocycles. The highest BCUT2D eigenvalue weighted by Crippen LogP contribution is 1.97. The van der Waals surface area contributed by atoms with Crippen molar-refractivity contribution in [1.82, 2.24) is 10.2 Å². The molecule has 3 heteroatoms. The van der Waals surface area contributed by atoms with Crippen molar-refractivity contribution in [2.24, 2.45) is 4.99 Å². The first kappa shape index (κ1) is 7.38. The fourth-order valence-electron chi connectivity index (χ4n) is 1.22. The third kappa shape index (κ3) is 1.40. The summed E-state index contributed by atoms with van der Waals surface area (Å²) >= 11 is 0. The van der Waals surface area contributed by atoms with E-state index in [-0.39, 0.29) is 0 Å². The minimum atomic E-state index is 1.05. The lowest BCUT2D eigenvalue weighted by atomic mass is 10.3. The minimum absolute atomic E-state index is 1.05. The predicted octanol–water partition coefficient (Wildman–Crippen LogP) is 0.287. The maximum atomic E-state index is 4.13. The fraction of sp³-hybridized carbons (Fsp3) is 0.857. The molecule has 1 N–H and O–H groups in total. The van der Waals surface area contributed by atoms with Crippen LogP contribution in [-0.2, 0) is 0 Å². The van der Waals surface area contributed by atoms with Gasteiger partial charge < -0.3 is 10.2 Å². The summed E-state index contributed by atoms with van der Waals surface area (Å²) < 4.78 is 0. The SMILES string of the molecule is CCN1CCCN/C1=N/C. The summed E-state index contributed by atoms with van der Waals surface area (Å²) in [5.74, 6) is 1.05. The van der Waals surface area contributed by atoms with Gasteiger partial charge in [-0.15, -0.1) is 0 Å². The molecule has 1 aliphatic rings. The van der Waals surface area contributed by atoms with E-state index in [0.29, 0.717) is 0 Å². The van der Waals surface area contributed by atoms with Crippen molar-refractivity contribution in [3.63, 3.8) is 0 Å². The summed E-state index contributed by atoms with van der Waals surface area (Å²) in [5.41, 5.74) is 0. The van der Waals surface area contributed by atoms with Crippen LogP contribution < -0.4 is 5.32 Å². The van der Waals surface area contributed by atoms with Crippen LogP contribution in [0.25, 0.3) is 0 Å². The van der Waals surface area contributed by atoms with E-state index < -0.39 is 0 Å². The van der Waals surface area contributed by atoms with Gasteiger partial charge in [0.2, 0.25) is 0 Å². The van der Waals surface area contributed by atoms with Crippen LogP contribution in [0.2, 0.25) is 0 Å². The Bertz CT molecular complexity index is 131. The van der Waals surface area contributed by atoms with Crippen LogP contribution in [0.5, 0.6) is 0 Å². The zero-order valence-corrected chi connectivity index (χ0v) is 6.72. The van der Waals surface area contributed by atoms with E-state index in [4.69, 9.17) is 0 Å². The standard InChI is InChI=1S/C7H15N3/c1-3-10-6-4-5-9-7(10)8-2/h3-6H2,1-2H3,(H,8,9). The number of nitrogens with zero attached hydrogens (tertiary/aromatic N) is 2. The van der Waals surface area contributed by atoms with Gasteiger partial charge in [-0.1, -0.05) is 0 Å². The summed E-state index contributed by atoms with van der Waals surface area (Å²) in [7, 11) is 1.83. The first-order valence-electron chi connectivity index (χ1n) is 3.84. The first-order chi connectivity index (χ1) is 4.88. The molecule has 1 aliphatic heterocycles. The van der Waals surface area contributed by atoms with Crippen molar-refractivity contribution < 1.29 is 0 Å². The lowest BCUT2D eigenvalue weighted by molar-refractivity contribution is 0.383. The van der Waals surface area contributed by atoms with Crippen molar-refractivity contribution in [2.45, 2.75) is 13.3 Å². The Labute approximate surface area is 62.1 Å². The molecule has 0 aromatic rings. The predicted molar refractivity (Wildman–Crippen MR) is 43.2 cm³/mol. The number of hydrogen-bond donors (Lipinski definition) is 1. The van der Waals surface area contributed by atoms with Crippen LogP contribution >= 0.6 is 0 Å². The Kier molecular flexibility index (Phi) is 2.54. The summed E-state index contributed by atoms with van der Waals surface area (Å²) in [4.78, 5) is 6.38. The Balaban J connectivity index is 2.50. The molecule has 0 radical (unpaired) electrons. The minimum Gasteiger partial charge on any atom is -0.356 e. The number of rotatable bonds is 1. The molecule has 3 nitrogen and oxygen atoms in total. The topological polar surface area (TPSA) is 27.6 Å². The molecule has 0 atom stereocenters. The monoisotopic (exact) mass is 141 g/mol. The van der Waals surface area contributed by atoms with Gasteiger partial charge in [0.05, 0.1) is 0 Å². The molecule has 0 aromatic heterocycles. The largest absolute Gasteiger partial charge is 0.356 e. The molecule has 58 valence electrons. The second kappa shape index (κ2) is 3.44. The van der Waals surface area contributed by atoms with E-state index in [2.05, 4.69) is 22.1 Å². The van der Waals surface area contributed by atoms with E-state index in [1.807, 2.05) is 7.05 Å². The van der Waals surface area contributed by atoms with Crippen molar-refractivity contribution in [1.29, 1.82) is 0 Å². The highest BCUT2D eigenvalue weighted by molar-refractivity contribution is 5.80. The van der Waals surface area contributed by atoms with Crippen LogP contribution in [0.3, 0.4) is 0 Å². The fourth-order valence-corrected chi connectivity index (χ4v) is 1.22. The van der Waals surface area contributed by atoms with Gasteiger partial charge in [-0.25, -0.2) is 0 Å². The Morgan fingerprint density at radius 3 is 3.00 bits per heavy atom. The average Bonchev–Trinajstić information content (AvgIpc) is 2.04. The maximum absolute atomic E-state index is 4.13. The quantitative estimate of drug-likeness (QED) is 0.568. The van der Waals surface area contributed by atoms with Crippen LogP contribution in [0.1, 0.15) is 13.3 Å². The number of aliphatic imine (C=N–C) groups is 1. The van der Waals surface area contributed by atoms with Gasteiger partial charge in [-0.3, -0.25) is 4.99 Å². The molecule has 1 rings (SSSR count). The highest BCUT2D eigenvalue weighted by atomic mass is 15.3. The molecule has 0 spiro atoms. The van der Waals surface area contributed by atoms with E-state index in [9.17, 15) is 0 Å². The normalized spacial score (nSPS) is 23.0. The lowest BCUT2D eigenvalue weighted by Crippen LogP contribution is -2.47. The molecule has 10 heavy (non-hydrogen) atoms. The molecule has 0 bridgehead atoms. The lowest BCUT2D eigenvalue weighted by Gasteiger charge is -2.29. The third-order valence-corrected chi connectivity index (χ3v) is 1.78. The summed E-state index contributed by atoms with van der Waals surface area (Å²) in [6.07, 6.45) is 1.23. The summed E-state index contributed by atoms with van der Waals surface area (Å²) in [6.45, 7) is 5.43. The van der Waals surface area contributed by atoms with Crippen LogP contribution in [-0.4, -0.2) is 37.5 Å². The molecule has 0 saturated carbocycles. The Morgan fingerprint density at radius 1 is 1.70 bits per heavy atom. The molecular weight excluding hydrogens is 126 g/mol. The molecule has 1 fully saturated rings. The Morgan fingerprint density at radius 2 is 2.50 bits per heavy atom. The van der Waals surface area contributed by atoms with Gasteiger partial charge in [0, 0.05) is 26.7 Å².